The van der Waals surface area contributed by atoms with Gasteiger partial charge in [-0.2, -0.15) is 0 Å². The number of ether oxygens (including phenoxy) is 1. The third kappa shape index (κ3) is 4.57. The van der Waals surface area contributed by atoms with Crippen molar-refractivity contribution in [1.82, 2.24) is 15.6 Å². The fraction of sp³-hybridized carbons (Fsp3) is 0.524. The van der Waals surface area contributed by atoms with E-state index in [-0.39, 0.29) is 11.3 Å². The Morgan fingerprint density at radius 3 is 2.70 bits per heavy atom. The smallest absolute Gasteiger partial charge is 0.263 e. The Morgan fingerprint density at radius 1 is 1.30 bits per heavy atom. The van der Waals surface area contributed by atoms with Gasteiger partial charge < -0.3 is 15.4 Å². The number of carbonyl (C=O) groups is 1. The molecule has 0 radical (unpaired) electrons. The van der Waals surface area contributed by atoms with E-state index in [1.165, 1.54) is 22.5 Å². The van der Waals surface area contributed by atoms with Crippen molar-refractivity contribution in [3.8, 4) is 10.6 Å². The molecule has 0 atom stereocenters. The number of nitrogens with zero attached hydrogens (tertiary/aromatic N) is 1. The van der Waals surface area contributed by atoms with E-state index < -0.39 is 0 Å². The first-order chi connectivity index (χ1) is 12.9. The molecule has 0 unspecified atom stereocenters. The number of benzene rings is 1. The second-order valence-electron chi connectivity index (χ2n) is 7.62. The third-order valence-electron chi connectivity index (χ3n) is 5.35. The van der Waals surface area contributed by atoms with Crippen molar-refractivity contribution in [3.05, 3.63) is 39.9 Å². The summed E-state index contributed by atoms with van der Waals surface area (Å²) in [6, 6.07) is 6.33. The van der Waals surface area contributed by atoms with Crippen LogP contribution < -0.4 is 10.6 Å². The number of aromatic nitrogens is 1. The van der Waals surface area contributed by atoms with Crippen LogP contribution in [0.4, 0.5) is 0 Å². The Balaban J connectivity index is 1.74. The molecule has 0 aliphatic carbocycles. The Kier molecular flexibility index (Phi) is 6.29. The molecule has 6 heteroatoms. The molecule has 2 N–H and O–H groups in total. The number of rotatable bonds is 6. The van der Waals surface area contributed by atoms with Crippen molar-refractivity contribution in [1.29, 1.82) is 0 Å². The fourth-order valence-electron chi connectivity index (χ4n) is 3.76. The van der Waals surface area contributed by atoms with Gasteiger partial charge in [-0.15, -0.1) is 11.3 Å². The highest BCUT2D eigenvalue weighted by molar-refractivity contribution is 7.17. The standard InChI is InChI=1S/C21H29N3O2S/c1-14-5-6-17(15(2)11-14)20-24-16(3)18(27-20)19(25)23-12-21(13-26-4)7-9-22-10-8-21/h5-6,11,22H,7-10,12-13H2,1-4H3,(H,23,25). The lowest BCUT2D eigenvalue weighted by Gasteiger charge is -2.37. The van der Waals surface area contributed by atoms with Crippen LogP contribution in [0.15, 0.2) is 18.2 Å². The number of aryl methyl sites for hydroxylation is 3. The maximum atomic E-state index is 12.8. The zero-order valence-electron chi connectivity index (χ0n) is 16.6. The summed E-state index contributed by atoms with van der Waals surface area (Å²) >= 11 is 1.47. The highest BCUT2D eigenvalue weighted by atomic mass is 32.1. The van der Waals surface area contributed by atoms with Gasteiger partial charge >= 0.3 is 0 Å². The molecule has 0 spiro atoms. The van der Waals surface area contributed by atoms with E-state index in [1.54, 1.807) is 7.11 Å². The number of amides is 1. The summed E-state index contributed by atoms with van der Waals surface area (Å²) in [7, 11) is 1.73. The third-order valence-corrected chi connectivity index (χ3v) is 6.54. The maximum absolute atomic E-state index is 12.8. The minimum Gasteiger partial charge on any atom is -0.384 e. The van der Waals surface area contributed by atoms with Crippen molar-refractivity contribution in [2.45, 2.75) is 33.6 Å². The first-order valence-electron chi connectivity index (χ1n) is 9.47. The van der Waals surface area contributed by atoms with Gasteiger partial charge in [-0.25, -0.2) is 4.98 Å². The number of hydrogen-bond donors (Lipinski definition) is 2. The zero-order chi connectivity index (χ0) is 19.4. The Labute approximate surface area is 165 Å². The van der Waals surface area contributed by atoms with Gasteiger partial charge in [0.1, 0.15) is 9.88 Å². The number of methoxy groups -OCH3 is 1. The average Bonchev–Trinajstić information content (AvgIpc) is 3.02. The van der Waals surface area contributed by atoms with Gasteiger partial charge in [0.25, 0.3) is 5.91 Å². The van der Waals surface area contributed by atoms with E-state index in [9.17, 15) is 4.79 Å². The lowest BCUT2D eigenvalue weighted by atomic mass is 9.79. The molecule has 0 bridgehead atoms. The van der Waals surface area contributed by atoms with Crippen LogP contribution in [0.1, 0.15) is 39.3 Å². The lowest BCUT2D eigenvalue weighted by molar-refractivity contribution is 0.0512. The fourth-order valence-corrected chi connectivity index (χ4v) is 4.83. The molecule has 2 heterocycles. The van der Waals surface area contributed by atoms with Crippen molar-refractivity contribution in [2.75, 3.05) is 33.4 Å². The summed E-state index contributed by atoms with van der Waals surface area (Å²) in [5, 5.41) is 7.43. The molecule has 3 rings (SSSR count). The van der Waals surface area contributed by atoms with Crippen LogP contribution in [-0.4, -0.2) is 44.2 Å². The predicted octanol–water partition coefficient (Wildman–Crippen LogP) is 3.48. The summed E-state index contributed by atoms with van der Waals surface area (Å²) in [4.78, 5) is 18.2. The number of hydrogen-bond acceptors (Lipinski definition) is 5. The molecule has 2 aromatic rings. The Bertz CT molecular complexity index is 804. The second-order valence-corrected chi connectivity index (χ2v) is 8.62. The van der Waals surface area contributed by atoms with E-state index in [0.717, 1.165) is 42.2 Å². The van der Waals surface area contributed by atoms with Gasteiger partial charge in [0.05, 0.1) is 12.3 Å². The number of carbonyl (C=O) groups excluding carboxylic acids is 1. The molecule has 146 valence electrons. The number of thiazole rings is 1. The van der Waals surface area contributed by atoms with Crippen LogP contribution in [-0.2, 0) is 4.74 Å². The SMILES string of the molecule is COCC1(CNC(=O)c2sc(-c3ccc(C)cc3C)nc2C)CCNCC1. The first kappa shape index (κ1) is 20.0. The molecule has 1 saturated heterocycles. The highest BCUT2D eigenvalue weighted by Gasteiger charge is 2.33. The van der Waals surface area contributed by atoms with Gasteiger partial charge in [-0.1, -0.05) is 23.8 Å². The van der Waals surface area contributed by atoms with Crippen molar-refractivity contribution in [3.63, 3.8) is 0 Å². The van der Waals surface area contributed by atoms with Gasteiger partial charge in [0.15, 0.2) is 0 Å². The van der Waals surface area contributed by atoms with Crippen LogP contribution in [0.3, 0.4) is 0 Å². The zero-order valence-corrected chi connectivity index (χ0v) is 17.5. The molecular formula is C21H29N3O2S. The topological polar surface area (TPSA) is 63.2 Å². The predicted molar refractivity (Wildman–Crippen MR) is 111 cm³/mol. The van der Waals surface area contributed by atoms with Crippen molar-refractivity contribution in [2.24, 2.45) is 5.41 Å². The molecule has 1 aromatic carbocycles. The van der Waals surface area contributed by atoms with E-state index in [2.05, 4.69) is 47.7 Å². The average molecular weight is 388 g/mol. The molecule has 5 nitrogen and oxygen atoms in total. The summed E-state index contributed by atoms with van der Waals surface area (Å²) in [5.74, 6) is -0.0324. The molecule has 1 aromatic heterocycles. The quantitative estimate of drug-likeness (QED) is 0.797. The monoisotopic (exact) mass is 387 g/mol. The first-order valence-corrected chi connectivity index (χ1v) is 10.3. The maximum Gasteiger partial charge on any atom is 0.263 e. The molecule has 0 saturated carbocycles. The van der Waals surface area contributed by atoms with Crippen LogP contribution in [0.5, 0.6) is 0 Å². The lowest BCUT2D eigenvalue weighted by Crippen LogP contribution is -2.47. The van der Waals surface area contributed by atoms with Crippen LogP contribution in [0, 0.1) is 26.2 Å². The van der Waals surface area contributed by atoms with Crippen LogP contribution in [0.2, 0.25) is 0 Å². The Morgan fingerprint density at radius 2 is 2.04 bits per heavy atom. The van der Waals surface area contributed by atoms with Gasteiger partial charge in [-0.3, -0.25) is 4.79 Å². The molecule has 1 aliphatic rings. The second kappa shape index (κ2) is 8.50. The summed E-state index contributed by atoms with van der Waals surface area (Å²) in [6.45, 7) is 9.32. The number of piperidine rings is 1. The van der Waals surface area contributed by atoms with Crippen molar-refractivity contribution >= 4 is 17.2 Å². The highest BCUT2D eigenvalue weighted by Crippen LogP contribution is 2.32. The van der Waals surface area contributed by atoms with Gasteiger partial charge in [0.2, 0.25) is 0 Å². The summed E-state index contributed by atoms with van der Waals surface area (Å²) in [6.07, 6.45) is 2.02. The molecular weight excluding hydrogens is 358 g/mol. The normalized spacial score (nSPS) is 16.3. The number of nitrogens with one attached hydrogen (secondary N) is 2. The van der Waals surface area contributed by atoms with E-state index in [1.807, 2.05) is 6.92 Å². The largest absolute Gasteiger partial charge is 0.384 e. The summed E-state index contributed by atoms with van der Waals surface area (Å²) < 4.78 is 5.44. The molecule has 1 aliphatic heterocycles. The molecule has 27 heavy (non-hydrogen) atoms. The molecule has 1 amide bonds. The van der Waals surface area contributed by atoms with Crippen LogP contribution >= 0.6 is 11.3 Å². The minimum absolute atomic E-state index is 0.0185. The molecule has 1 fully saturated rings. The van der Waals surface area contributed by atoms with E-state index in [4.69, 9.17) is 4.74 Å². The van der Waals surface area contributed by atoms with Crippen LogP contribution in [0.25, 0.3) is 10.6 Å². The Hall–Kier alpha value is -1.76. The van der Waals surface area contributed by atoms with Gasteiger partial charge in [-0.05, 0) is 52.3 Å². The van der Waals surface area contributed by atoms with E-state index in [0.29, 0.717) is 18.0 Å². The van der Waals surface area contributed by atoms with Gasteiger partial charge in [0, 0.05) is 24.6 Å². The van der Waals surface area contributed by atoms with E-state index >= 15 is 0 Å². The minimum atomic E-state index is -0.0324. The summed E-state index contributed by atoms with van der Waals surface area (Å²) in [5.41, 5.74) is 4.32. The van der Waals surface area contributed by atoms with Crippen molar-refractivity contribution < 1.29 is 9.53 Å².